The van der Waals surface area contributed by atoms with Crippen LogP contribution in [-0.2, 0) is 9.47 Å². The van der Waals surface area contributed by atoms with E-state index < -0.39 is 0 Å². The molecule has 0 bridgehead atoms. The lowest BCUT2D eigenvalue weighted by atomic mass is 10.1. The van der Waals surface area contributed by atoms with Crippen molar-refractivity contribution in [1.82, 2.24) is 4.90 Å². The van der Waals surface area contributed by atoms with Crippen molar-refractivity contribution in [3.8, 4) is 6.07 Å². The van der Waals surface area contributed by atoms with Gasteiger partial charge in [0.2, 0.25) is 0 Å². The zero-order valence-corrected chi connectivity index (χ0v) is 9.19. The summed E-state index contributed by atoms with van der Waals surface area (Å²) < 4.78 is 11.2. The Hall–Kier alpha value is -0.630. The Morgan fingerprint density at radius 1 is 1.53 bits per heavy atom. The van der Waals surface area contributed by atoms with Gasteiger partial charge in [0.25, 0.3) is 0 Å². The lowest BCUT2D eigenvalue weighted by Gasteiger charge is -2.15. The maximum absolute atomic E-state index is 8.54. The normalized spacial score (nSPS) is 36.9. The minimum absolute atomic E-state index is 0.000803. The molecule has 2 rings (SSSR count). The molecule has 0 radical (unpaired) electrons. The first-order valence-corrected chi connectivity index (χ1v) is 5.60. The highest BCUT2D eigenvalue weighted by Gasteiger charge is 2.30. The van der Waals surface area contributed by atoms with Crippen LogP contribution >= 0.6 is 0 Å². The fraction of sp³-hybridized carbons (Fsp3) is 0.909. The van der Waals surface area contributed by atoms with Gasteiger partial charge in [0, 0.05) is 13.0 Å². The second kappa shape index (κ2) is 4.93. The van der Waals surface area contributed by atoms with Crippen LogP contribution in [0.4, 0.5) is 0 Å². The van der Waals surface area contributed by atoms with Crippen molar-refractivity contribution in [2.75, 3.05) is 26.7 Å². The maximum atomic E-state index is 8.54. The van der Waals surface area contributed by atoms with E-state index >= 15 is 0 Å². The van der Waals surface area contributed by atoms with Gasteiger partial charge < -0.3 is 14.4 Å². The van der Waals surface area contributed by atoms with E-state index in [0.29, 0.717) is 18.9 Å². The molecule has 4 nitrogen and oxygen atoms in total. The van der Waals surface area contributed by atoms with E-state index in [1.807, 2.05) is 0 Å². The van der Waals surface area contributed by atoms with Gasteiger partial charge >= 0.3 is 0 Å². The SMILES string of the molecule is CN1CCC(CC2OCC(CC#N)O2)C1. The zero-order valence-electron chi connectivity index (χ0n) is 9.19. The number of nitrogens with zero attached hydrogens (tertiary/aromatic N) is 2. The summed E-state index contributed by atoms with van der Waals surface area (Å²) in [4.78, 5) is 2.34. The zero-order chi connectivity index (χ0) is 10.7. The van der Waals surface area contributed by atoms with Gasteiger partial charge in [-0.25, -0.2) is 0 Å². The summed E-state index contributed by atoms with van der Waals surface area (Å²) in [6.45, 7) is 2.91. The summed E-state index contributed by atoms with van der Waals surface area (Å²) in [6.07, 6.45) is 2.59. The third-order valence-corrected chi connectivity index (χ3v) is 3.15. The summed E-state index contributed by atoms with van der Waals surface area (Å²) in [5, 5.41) is 8.54. The van der Waals surface area contributed by atoms with E-state index in [9.17, 15) is 0 Å². The Morgan fingerprint density at radius 2 is 2.40 bits per heavy atom. The summed E-state index contributed by atoms with van der Waals surface area (Å²) in [5.41, 5.74) is 0. The molecule has 0 saturated carbocycles. The Morgan fingerprint density at radius 3 is 3.07 bits per heavy atom. The third-order valence-electron chi connectivity index (χ3n) is 3.15. The van der Waals surface area contributed by atoms with E-state index in [2.05, 4.69) is 18.0 Å². The van der Waals surface area contributed by atoms with E-state index in [-0.39, 0.29) is 12.4 Å². The first kappa shape index (κ1) is 10.9. The van der Waals surface area contributed by atoms with Crippen molar-refractivity contribution in [2.45, 2.75) is 31.7 Å². The van der Waals surface area contributed by atoms with Crippen molar-refractivity contribution in [3.63, 3.8) is 0 Å². The number of rotatable bonds is 3. The van der Waals surface area contributed by atoms with Crippen LogP contribution in [0.5, 0.6) is 0 Å². The van der Waals surface area contributed by atoms with Crippen molar-refractivity contribution < 1.29 is 9.47 Å². The number of hydrogen-bond acceptors (Lipinski definition) is 4. The maximum Gasteiger partial charge on any atom is 0.158 e. The van der Waals surface area contributed by atoms with Crippen LogP contribution < -0.4 is 0 Å². The summed E-state index contributed by atoms with van der Waals surface area (Å²) in [7, 11) is 2.15. The first-order chi connectivity index (χ1) is 7.28. The van der Waals surface area contributed by atoms with Crippen molar-refractivity contribution >= 4 is 0 Å². The van der Waals surface area contributed by atoms with Gasteiger partial charge in [0.15, 0.2) is 6.29 Å². The molecule has 2 saturated heterocycles. The van der Waals surface area contributed by atoms with E-state index in [4.69, 9.17) is 14.7 Å². The molecule has 3 unspecified atom stereocenters. The van der Waals surface area contributed by atoms with Gasteiger partial charge in [-0.05, 0) is 25.9 Å². The van der Waals surface area contributed by atoms with Crippen LogP contribution in [0, 0.1) is 17.2 Å². The smallest absolute Gasteiger partial charge is 0.158 e. The molecule has 0 N–H and O–H groups in total. The molecule has 0 aliphatic carbocycles. The predicted molar refractivity (Wildman–Crippen MR) is 55.1 cm³/mol. The fourth-order valence-electron chi connectivity index (χ4n) is 2.33. The fourth-order valence-corrected chi connectivity index (χ4v) is 2.33. The largest absolute Gasteiger partial charge is 0.350 e. The molecule has 0 amide bonds. The molecule has 2 aliphatic heterocycles. The molecule has 3 atom stereocenters. The number of likely N-dealkylation sites (tertiary alicyclic amines) is 1. The van der Waals surface area contributed by atoms with Crippen LogP contribution in [0.2, 0.25) is 0 Å². The van der Waals surface area contributed by atoms with Gasteiger partial charge in [0.1, 0.15) is 0 Å². The molecule has 0 aromatic rings. The average molecular weight is 210 g/mol. The van der Waals surface area contributed by atoms with Gasteiger partial charge in [-0.2, -0.15) is 5.26 Å². The molecule has 84 valence electrons. The van der Waals surface area contributed by atoms with Crippen LogP contribution in [0.15, 0.2) is 0 Å². The van der Waals surface area contributed by atoms with E-state index in [1.165, 1.54) is 13.0 Å². The molecule has 0 aromatic heterocycles. The van der Waals surface area contributed by atoms with Crippen LogP contribution in [0.1, 0.15) is 19.3 Å². The Labute approximate surface area is 90.8 Å². The van der Waals surface area contributed by atoms with Crippen LogP contribution in [0.3, 0.4) is 0 Å². The Kier molecular flexibility index (Phi) is 3.57. The first-order valence-electron chi connectivity index (χ1n) is 5.60. The van der Waals surface area contributed by atoms with Crippen molar-refractivity contribution in [3.05, 3.63) is 0 Å². The molecule has 0 spiro atoms. The van der Waals surface area contributed by atoms with Gasteiger partial charge in [0.05, 0.1) is 25.2 Å². The molecule has 2 fully saturated rings. The van der Waals surface area contributed by atoms with Crippen molar-refractivity contribution in [1.29, 1.82) is 5.26 Å². The highest BCUT2D eigenvalue weighted by molar-refractivity contribution is 4.81. The summed E-state index contributed by atoms with van der Waals surface area (Å²) in [5.74, 6) is 0.695. The molecular weight excluding hydrogens is 192 g/mol. The number of ether oxygens (including phenoxy) is 2. The van der Waals surface area contributed by atoms with Gasteiger partial charge in [-0.1, -0.05) is 0 Å². The predicted octanol–water partition coefficient (Wildman–Crippen LogP) is 0.983. The van der Waals surface area contributed by atoms with Gasteiger partial charge in [-0.15, -0.1) is 0 Å². The average Bonchev–Trinajstić information content (AvgIpc) is 2.78. The van der Waals surface area contributed by atoms with E-state index in [1.54, 1.807) is 0 Å². The topological polar surface area (TPSA) is 45.5 Å². The third kappa shape index (κ3) is 2.91. The highest BCUT2D eigenvalue weighted by Crippen LogP contribution is 2.25. The highest BCUT2D eigenvalue weighted by atomic mass is 16.7. The lowest BCUT2D eigenvalue weighted by Crippen LogP contribution is -2.19. The monoisotopic (exact) mass is 210 g/mol. The quantitative estimate of drug-likeness (QED) is 0.696. The molecule has 2 heterocycles. The standard InChI is InChI=1S/C11H18N2O2/c1-13-5-3-9(7-13)6-11-14-8-10(15-11)2-4-12/h9-11H,2-3,5-8H2,1H3. The van der Waals surface area contributed by atoms with Crippen LogP contribution in [-0.4, -0.2) is 44.0 Å². The van der Waals surface area contributed by atoms with Crippen molar-refractivity contribution in [2.24, 2.45) is 5.92 Å². The second-order valence-electron chi connectivity index (χ2n) is 4.54. The second-order valence-corrected chi connectivity index (χ2v) is 4.54. The molecule has 0 aromatic carbocycles. The minimum atomic E-state index is -0.0696. The van der Waals surface area contributed by atoms with Gasteiger partial charge in [-0.3, -0.25) is 0 Å². The molecule has 2 aliphatic rings. The molecular formula is C11H18N2O2. The summed E-state index contributed by atoms with van der Waals surface area (Å²) in [6, 6.07) is 2.12. The molecule has 4 heteroatoms. The Balaban J connectivity index is 1.71. The van der Waals surface area contributed by atoms with Crippen LogP contribution in [0.25, 0.3) is 0 Å². The van der Waals surface area contributed by atoms with E-state index in [0.717, 1.165) is 13.0 Å². The lowest BCUT2D eigenvalue weighted by molar-refractivity contribution is -0.0696. The number of hydrogen-bond donors (Lipinski definition) is 0. The summed E-state index contributed by atoms with van der Waals surface area (Å²) >= 11 is 0. The minimum Gasteiger partial charge on any atom is -0.350 e. The molecule has 15 heavy (non-hydrogen) atoms. The number of nitriles is 1. The Bertz CT molecular complexity index is 251.